The van der Waals surface area contributed by atoms with E-state index in [-0.39, 0.29) is 43.0 Å². The maximum atomic E-state index is 17.0. The minimum Gasteiger partial charge on any atom is -0.657 e. The van der Waals surface area contributed by atoms with Gasteiger partial charge in [0.15, 0.2) is 93.1 Å². The van der Waals surface area contributed by atoms with Crippen molar-refractivity contribution in [3.8, 4) is 44.5 Å². The number of aromatic nitrogens is 4. The Labute approximate surface area is 515 Å². The van der Waals surface area contributed by atoms with Crippen LogP contribution in [0.5, 0.6) is 0 Å². The standard InChI is InChI=1S/C56H30F18N4O10S2.Zn/c57-29-25(30(58)38(66)41(69)37(29)65)21-11-1-5-15(75-11)23(27-33(61)43(71)53(44(72)34(27)62)89-55-51(85)49(83)47(81)19(9-79)87-55)16-7-3-13(77-16)22(26-31(59)39(67)42(70)40(68)32(26)60)14-4-8-18(78-14)24(17-6-2-12(21)76-17)28-35(63)45(73)54(46(74)36(28)64)90-56-52(86)50(84)48(82)20(10-80)88-56;/h1-8,19-20,47-52,55-56,79-86H,9-10H2;/q-2;+2/t19-,20-,47-,48-,49+,50+,51-,52-,55+,56+;/m1./s1/i;1-3. The van der Waals surface area contributed by atoms with Crippen LogP contribution >= 0.6 is 23.5 Å². The number of hydrogen-bond acceptors (Lipinski definition) is 14. The molecule has 4 aliphatic heterocycles. The van der Waals surface area contributed by atoms with Gasteiger partial charge in [-0.3, -0.25) is 0 Å². The summed E-state index contributed by atoms with van der Waals surface area (Å²) >= 11 is -0.706. The van der Waals surface area contributed by atoms with Crippen molar-refractivity contribution in [2.45, 2.75) is 69.5 Å². The van der Waals surface area contributed by atoms with Gasteiger partial charge in [0.05, 0.1) is 68.0 Å². The molecular weight excluding hydrogens is 1360 g/mol. The van der Waals surface area contributed by atoms with E-state index in [0.717, 1.165) is 0 Å². The summed E-state index contributed by atoms with van der Waals surface area (Å²) < 4.78 is 301. The van der Waals surface area contributed by atoms with Crippen LogP contribution in [-0.4, -0.2) is 124 Å². The van der Waals surface area contributed by atoms with Crippen molar-refractivity contribution in [2.75, 3.05) is 13.2 Å². The summed E-state index contributed by atoms with van der Waals surface area (Å²) in [7, 11) is 0. The second-order valence-electron chi connectivity index (χ2n) is 19.8. The molecule has 3 aromatic heterocycles. The normalized spacial score (nSPS) is 22.3. The van der Waals surface area contributed by atoms with E-state index in [9.17, 15) is 49.6 Å². The summed E-state index contributed by atoms with van der Waals surface area (Å²) in [5.41, 5.74) is -26.5. The first-order valence-corrected chi connectivity index (χ1v) is 27.1. The predicted molar refractivity (Wildman–Crippen MR) is 277 cm³/mol. The van der Waals surface area contributed by atoms with E-state index in [2.05, 4.69) is 19.9 Å². The molecule has 10 atom stereocenters. The molecule has 0 amide bonds. The topological polar surface area (TPSA) is 234 Å². The van der Waals surface area contributed by atoms with Crippen LogP contribution in [0.4, 0.5) is 79.0 Å². The summed E-state index contributed by atoms with van der Waals surface area (Å²) in [5.74, 6) is -46.4. The molecule has 8 bridgehead atoms. The zero-order valence-corrected chi connectivity index (χ0v) is 48.9. The van der Waals surface area contributed by atoms with Crippen LogP contribution in [0.1, 0.15) is 22.8 Å². The molecule has 0 radical (unpaired) electrons. The fourth-order valence-corrected chi connectivity index (χ4v) is 12.4. The van der Waals surface area contributed by atoms with E-state index in [1.165, 1.54) is 0 Å². The molecule has 474 valence electrons. The number of fused-ring (bicyclic) bond motifs is 8. The first kappa shape index (κ1) is 67.0. The van der Waals surface area contributed by atoms with Crippen LogP contribution in [0.15, 0.2) is 34.1 Å². The minimum absolute atomic E-state index is 0. The van der Waals surface area contributed by atoms with Crippen LogP contribution in [0.25, 0.3) is 90.9 Å². The third kappa shape index (κ3) is 10.8. The molecule has 35 heteroatoms. The van der Waals surface area contributed by atoms with Crippen LogP contribution in [0.2, 0.25) is 0 Å². The molecular formula is C56H30F18N4O10S2Zn. The molecule has 11 rings (SSSR count). The molecule has 8 N–H and O–H groups in total. The summed E-state index contributed by atoms with van der Waals surface area (Å²) in [5, 5.41) is 81.6. The van der Waals surface area contributed by atoms with Crippen molar-refractivity contribution >= 4 is 69.9 Å². The Morgan fingerprint density at radius 1 is 0.319 bits per heavy atom. The average Bonchev–Trinajstić information content (AvgIpc) is 1.79. The van der Waals surface area contributed by atoms with Crippen molar-refractivity contribution in [3.05, 3.63) is 152 Å². The number of rotatable bonds is 10. The molecule has 2 saturated heterocycles. The van der Waals surface area contributed by atoms with Crippen LogP contribution in [-0.2, 0) is 29.0 Å². The van der Waals surface area contributed by atoms with Gasteiger partial charge in [0, 0.05) is 0 Å². The maximum absolute atomic E-state index is 17.0. The number of aliphatic hydroxyl groups is 8. The van der Waals surface area contributed by atoms with Crippen LogP contribution in [0, 0.1) is 105 Å². The second-order valence-corrected chi connectivity index (χ2v) is 22.0. The van der Waals surface area contributed by atoms with Gasteiger partial charge in [0.1, 0.15) is 59.7 Å². The Morgan fingerprint density at radius 3 is 0.769 bits per heavy atom. The molecule has 2 fully saturated rings. The number of hydrogen-bond donors (Lipinski definition) is 8. The van der Waals surface area contributed by atoms with Crippen LogP contribution < -0.4 is 9.97 Å². The first-order valence-electron chi connectivity index (χ1n) is 25.3. The van der Waals surface area contributed by atoms with Crippen molar-refractivity contribution in [2.24, 2.45) is 0 Å². The molecule has 7 heterocycles. The van der Waals surface area contributed by atoms with E-state index >= 15 is 70.2 Å². The van der Waals surface area contributed by atoms with Gasteiger partial charge in [-0.25, -0.2) is 89.0 Å². The molecule has 0 aliphatic carbocycles. The molecule has 4 aliphatic rings. The largest absolute Gasteiger partial charge is 2.00 e. The Morgan fingerprint density at radius 2 is 0.538 bits per heavy atom. The molecule has 7 aromatic rings. The fraction of sp³-hybridized carbons (Fsp3) is 0.214. The van der Waals surface area contributed by atoms with Crippen molar-refractivity contribution in [1.29, 1.82) is 0 Å². The summed E-state index contributed by atoms with van der Waals surface area (Å²) in [6.45, 7) is -2.21. The summed E-state index contributed by atoms with van der Waals surface area (Å²) in [6, 6.07) is 2.25. The summed E-state index contributed by atoms with van der Waals surface area (Å²) in [6.07, 6.45) is -14.4. The molecule has 91 heavy (non-hydrogen) atoms. The summed E-state index contributed by atoms with van der Waals surface area (Å²) in [4.78, 5) is 12.7. The average molecular weight is 1390 g/mol. The van der Waals surface area contributed by atoms with E-state index in [4.69, 9.17) is 9.47 Å². The van der Waals surface area contributed by atoms with Gasteiger partial charge in [-0.15, -0.1) is 22.1 Å². The van der Waals surface area contributed by atoms with Gasteiger partial charge >= 0.3 is 19.5 Å². The van der Waals surface area contributed by atoms with Gasteiger partial charge in [0.25, 0.3) is 0 Å². The smallest absolute Gasteiger partial charge is 0.657 e. The van der Waals surface area contributed by atoms with E-state index in [1.807, 2.05) is 0 Å². The zero-order chi connectivity index (χ0) is 65.3. The number of benzene rings is 4. The third-order valence-electron chi connectivity index (χ3n) is 14.6. The van der Waals surface area contributed by atoms with Gasteiger partial charge in [-0.2, -0.15) is 0 Å². The Kier molecular flexibility index (Phi) is 18.6. The number of aliphatic hydroxyl groups excluding tert-OH is 8. The van der Waals surface area contributed by atoms with Gasteiger partial charge in [-0.1, -0.05) is 47.8 Å². The Balaban J connectivity index is 0.00000909. The molecule has 0 unspecified atom stereocenters. The van der Waals surface area contributed by atoms with Gasteiger partial charge in [-0.05, 0) is 46.6 Å². The maximum Gasteiger partial charge on any atom is 2.00 e. The zero-order valence-electron chi connectivity index (χ0n) is 44.3. The van der Waals surface area contributed by atoms with Crippen LogP contribution in [0.3, 0.4) is 0 Å². The molecule has 0 saturated carbocycles. The van der Waals surface area contributed by atoms with Crippen molar-refractivity contribution in [1.82, 2.24) is 19.9 Å². The second kappa shape index (κ2) is 25.2. The van der Waals surface area contributed by atoms with Crippen molar-refractivity contribution < 1.29 is 149 Å². The van der Waals surface area contributed by atoms with Gasteiger partial charge in [0.2, 0.25) is 11.6 Å². The monoisotopic (exact) mass is 1390 g/mol. The minimum atomic E-state index is -2.77. The SMILES string of the molecule is OC[C@H]1O[C@@H](Sc2c(F)c(F)c(-c3c4nc(c(-c5c(F)c(F)c(F)c(F)c5F)c5ccc([n-]5)c(-c5c(F)c(F)c(S[C@@H]6O[C@H](CO)[C@@H](O)[C@H](O)[C@H]6O)c(F)c5F)c5nc(c(-c6c(F)c(F)c(F)c(F)c6F)c6ccc3[n-]6)C=C5)C=C4)c(F)c2F)[C@H](O)[C@@H](O)[C@@H]1O.[62Zn+2]. The van der Waals surface area contributed by atoms with E-state index in [0.29, 0.717) is 48.6 Å². The predicted octanol–water partition coefficient (Wildman–Crippen LogP) is 8.87. The van der Waals surface area contributed by atoms with Crippen molar-refractivity contribution in [3.63, 3.8) is 0 Å². The number of halogens is 18. The first-order chi connectivity index (χ1) is 42.6. The van der Waals surface area contributed by atoms with Gasteiger partial charge < -0.3 is 60.3 Å². The van der Waals surface area contributed by atoms with E-state index in [1.54, 1.807) is 0 Å². The Hall–Kier alpha value is -6.86. The Bertz CT molecular complexity index is 4060. The molecule has 4 aromatic carbocycles. The number of ether oxygens (including phenoxy) is 2. The quantitative estimate of drug-likeness (QED) is 0.0276. The van der Waals surface area contributed by atoms with E-state index < -0.39 is 277 Å². The number of thioether (sulfide) groups is 2. The molecule has 0 spiro atoms. The fourth-order valence-electron chi connectivity index (χ4n) is 10.2. The number of nitrogens with zero attached hydrogens (tertiary/aromatic N) is 4. The third-order valence-corrected chi connectivity index (χ3v) is 17.1. The molecule has 14 nitrogen and oxygen atoms in total.